The van der Waals surface area contributed by atoms with Gasteiger partial charge in [0, 0.05) is 13.6 Å². The van der Waals surface area contributed by atoms with Crippen molar-refractivity contribution in [2.75, 3.05) is 13.6 Å². The molecule has 0 aromatic carbocycles. The van der Waals surface area contributed by atoms with Crippen LogP contribution in [-0.2, 0) is 4.79 Å². The number of carbonyl (C=O) groups excluding carboxylic acids is 2. The van der Waals surface area contributed by atoms with E-state index in [0.29, 0.717) is 0 Å². The van der Waals surface area contributed by atoms with E-state index in [2.05, 4.69) is 15.6 Å². The van der Waals surface area contributed by atoms with E-state index >= 15 is 0 Å². The van der Waals surface area contributed by atoms with Crippen LogP contribution in [0.15, 0.2) is 12.1 Å². The van der Waals surface area contributed by atoms with Gasteiger partial charge in [-0.15, -0.1) is 0 Å². The van der Waals surface area contributed by atoms with Gasteiger partial charge >= 0.3 is 0 Å². The SMILES string of the molecule is CNC(=O)C(C)(C)CNC(=O)c1ccc(Cl)nc1Cl. The Bertz CT molecular complexity index is 504. The summed E-state index contributed by atoms with van der Waals surface area (Å²) in [5.74, 6) is -0.556. The lowest BCUT2D eigenvalue weighted by molar-refractivity contribution is -0.128. The monoisotopic (exact) mass is 303 g/mol. The Morgan fingerprint density at radius 1 is 1.32 bits per heavy atom. The zero-order chi connectivity index (χ0) is 14.6. The van der Waals surface area contributed by atoms with Crippen molar-refractivity contribution in [3.8, 4) is 0 Å². The van der Waals surface area contributed by atoms with Crippen LogP contribution in [0.1, 0.15) is 24.2 Å². The van der Waals surface area contributed by atoms with Crippen molar-refractivity contribution < 1.29 is 9.59 Å². The first-order valence-electron chi connectivity index (χ1n) is 5.60. The molecule has 0 saturated carbocycles. The number of nitrogens with one attached hydrogen (secondary N) is 2. The molecule has 1 aromatic rings. The van der Waals surface area contributed by atoms with Gasteiger partial charge in [-0.05, 0) is 26.0 Å². The number of pyridine rings is 1. The van der Waals surface area contributed by atoms with Gasteiger partial charge in [0.25, 0.3) is 5.91 Å². The summed E-state index contributed by atoms with van der Waals surface area (Å²) in [6.07, 6.45) is 0. The molecule has 0 bridgehead atoms. The highest BCUT2D eigenvalue weighted by Crippen LogP contribution is 2.18. The van der Waals surface area contributed by atoms with Crippen LogP contribution < -0.4 is 10.6 Å². The number of amides is 2. The normalized spacial score (nSPS) is 11.0. The van der Waals surface area contributed by atoms with Crippen LogP contribution in [0.2, 0.25) is 10.3 Å². The van der Waals surface area contributed by atoms with Gasteiger partial charge in [-0.3, -0.25) is 9.59 Å². The van der Waals surface area contributed by atoms with Crippen LogP contribution in [0.3, 0.4) is 0 Å². The Kier molecular flexibility index (Phi) is 5.14. The van der Waals surface area contributed by atoms with Gasteiger partial charge in [0.05, 0.1) is 11.0 Å². The van der Waals surface area contributed by atoms with Crippen molar-refractivity contribution in [2.45, 2.75) is 13.8 Å². The number of rotatable bonds is 4. The minimum absolute atomic E-state index is 0.0303. The molecule has 5 nitrogen and oxygen atoms in total. The highest BCUT2D eigenvalue weighted by atomic mass is 35.5. The number of halogens is 2. The Morgan fingerprint density at radius 3 is 2.47 bits per heavy atom. The summed E-state index contributed by atoms with van der Waals surface area (Å²) in [6.45, 7) is 3.64. The molecule has 0 atom stereocenters. The summed E-state index contributed by atoms with van der Waals surface area (Å²) in [5, 5.41) is 5.43. The number of hydrogen-bond donors (Lipinski definition) is 2. The van der Waals surface area contributed by atoms with Crippen molar-refractivity contribution in [3.05, 3.63) is 28.0 Å². The summed E-state index contributed by atoms with van der Waals surface area (Å²) < 4.78 is 0. The van der Waals surface area contributed by atoms with E-state index in [1.165, 1.54) is 12.1 Å². The van der Waals surface area contributed by atoms with Gasteiger partial charge in [0.15, 0.2) is 0 Å². The van der Waals surface area contributed by atoms with Gasteiger partial charge < -0.3 is 10.6 Å². The molecule has 0 saturated heterocycles. The summed E-state index contributed by atoms with van der Waals surface area (Å²) in [4.78, 5) is 27.3. The maximum Gasteiger partial charge on any atom is 0.254 e. The van der Waals surface area contributed by atoms with E-state index in [1.807, 2.05) is 0 Å². The van der Waals surface area contributed by atoms with E-state index < -0.39 is 11.3 Å². The van der Waals surface area contributed by atoms with E-state index in [0.717, 1.165) is 0 Å². The molecule has 0 aliphatic heterocycles. The van der Waals surface area contributed by atoms with E-state index in [9.17, 15) is 9.59 Å². The summed E-state index contributed by atoms with van der Waals surface area (Å²) >= 11 is 11.5. The molecule has 0 fully saturated rings. The standard InChI is InChI=1S/C12H15Cl2N3O2/c1-12(2,11(19)15-3)6-16-10(18)7-4-5-8(13)17-9(7)14/h4-5H,6H2,1-3H3,(H,15,19)(H,16,18). The van der Waals surface area contributed by atoms with E-state index in [4.69, 9.17) is 23.2 Å². The molecule has 0 aliphatic rings. The largest absolute Gasteiger partial charge is 0.359 e. The lowest BCUT2D eigenvalue weighted by Crippen LogP contribution is -2.43. The van der Waals surface area contributed by atoms with Crippen LogP contribution in [0.5, 0.6) is 0 Å². The molecule has 2 amide bonds. The van der Waals surface area contributed by atoms with Crippen molar-refractivity contribution in [2.24, 2.45) is 5.41 Å². The predicted octanol–water partition coefficient (Wildman–Crippen LogP) is 1.89. The Balaban J connectivity index is 2.73. The predicted molar refractivity (Wildman–Crippen MR) is 74.4 cm³/mol. The minimum atomic E-state index is -0.712. The van der Waals surface area contributed by atoms with E-state index in [-0.39, 0.29) is 28.3 Å². The van der Waals surface area contributed by atoms with Crippen LogP contribution >= 0.6 is 23.2 Å². The number of nitrogens with zero attached hydrogens (tertiary/aromatic N) is 1. The summed E-state index contributed by atoms with van der Waals surface area (Å²) in [7, 11) is 1.55. The number of carbonyl (C=O) groups is 2. The maximum atomic E-state index is 11.9. The Morgan fingerprint density at radius 2 is 1.95 bits per heavy atom. The van der Waals surface area contributed by atoms with Crippen molar-refractivity contribution in [1.82, 2.24) is 15.6 Å². The highest BCUT2D eigenvalue weighted by molar-refractivity contribution is 6.34. The lowest BCUT2D eigenvalue weighted by Gasteiger charge is -2.22. The van der Waals surface area contributed by atoms with Crippen molar-refractivity contribution >= 4 is 35.0 Å². The molecule has 0 spiro atoms. The average Bonchev–Trinajstić information content (AvgIpc) is 2.35. The van der Waals surface area contributed by atoms with Gasteiger partial charge in [-0.1, -0.05) is 23.2 Å². The van der Waals surface area contributed by atoms with Gasteiger partial charge in [0.1, 0.15) is 10.3 Å². The fourth-order valence-corrected chi connectivity index (χ4v) is 1.83. The molecule has 1 rings (SSSR count). The van der Waals surface area contributed by atoms with Gasteiger partial charge in [-0.2, -0.15) is 0 Å². The molecular weight excluding hydrogens is 289 g/mol. The summed E-state index contributed by atoms with van der Waals surface area (Å²) in [6, 6.07) is 2.96. The molecule has 1 heterocycles. The Labute approximate surface area is 121 Å². The molecule has 7 heteroatoms. The quantitative estimate of drug-likeness (QED) is 0.835. The number of hydrogen-bond acceptors (Lipinski definition) is 3. The maximum absolute atomic E-state index is 11.9. The van der Waals surface area contributed by atoms with Crippen LogP contribution in [-0.4, -0.2) is 30.4 Å². The fraction of sp³-hybridized carbons (Fsp3) is 0.417. The minimum Gasteiger partial charge on any atom is -0.359 e. The molecule has 0 aliphatic carbocycles. The molecule has 104 valence electrons. The summed E-state index contributed by atoms with van der Waals surface area (Å²) in [5.41, 5.74) is -0.490. The second kappa shape index (κ2) is 6.21. The van der Waals surface area contributed by atoms with Crippen LogP contribution in [0.25, 0.3) is 0 Å². The topological polar surface area (TPSA) is 71.1 Å². The molecular formula is C12H15Cl2N3O2. The first kappa shape index (κ1) is 15.7. The average molecular weight is 304 g/mol. The van der Waals surface area contributed by atoms with Crippen molar-refractivity contribution in [1.29, 1.82) is 0 Å². The van der Waals surface area contributed by atoms with Crippen LogP contribution in [0, 0.1) is 5.41 Å². The van der Waals surface area contributed by atoms with Gasteiger partial charge in [0.2, 0.25) is 5.91 Å². The molecule has 19 heavy (non-hydrogen) atoms. The zero-order valence-electron chi connectivity index (χ0n) is 10.9. The molecule has 0 radical (unpaired) electrons. The van der Waals surface area contributed by atoms with Gasteiger partial charge in [-0.25, -0.2) is 4.98 Å². The highest BCUT2D eigenvalue weighted by Gasteiger charge is 2.27. The second-order valence-electron chi connectivity index (χ2n) is 4.62. The first-order chi connectivity index (χ1) is 8.77. The molecule has 1 aromatic heterocycles. The first-order valence-corrected chi connectivity index (χ1v) is 6.36. The molecule has 0 unspecified atom stereocenters. The third kappa shape index (κ3) is 4.08. The third-order valence-corrected chi connectivity index (χ3v) is 3.09. The smallest absolute Gasteiger partial charge is 0.254 e. The number of aromatic nitrogens is 1. The van der Waals surface area contributed by atoms with Crippen molar-refractivity contribution in [3.63, 3.8) is 0 Å². The molecule has 2 N–H and O–H groups in total. The second-order valence-corrected chi connectivity index (χ2v) is 5.36. The Hall–Kier alpha value is -1.33. The van der Waals surface area contributed by atoms with Crippen LogP contribution in [0.4, 0.5) is 0 Å². The lowest BCUT2D eigenvalue weighted by atomic mass is 9.92. The third-order valence-electron chi connectivity index (χ3n) is 2.59. The zero-order valence-corrected chi connectivity index (χ0v) is 12.4. The fourth-order valence-electron chi connectivity index (χ4n) is 1.40. The van der Waals surface area contributed by atoms with E-state index in [1.54, 1.807) is 20.9 Å².